The number of carbonyl (C=O) groups is 1. The van der Waals surface area contributed by atoms with Crippen LogP contribution in [0.3, 0.4) is 0 Å². The van der Waals surface area contributed by atoms with Crippen molar-refractivity contribution in [2.45, 2.75) is 12.6 Å². The van der Waals surface area contributed by atoms with E-state index < -0.39 is 11.7 Å². The molecule has 0 saturated heterocycles. The number of carbonyl (C=O) groups excluding carboxylic acids is 1. The van der Waals surface area contributed by atoms with Crippen LogP contribution in [0.15, 0.2) is 54.6 Å². The Hall–Kier alpha value is -2.87. The van der Waals surface area contributed by atoms with Gasteiger partial charge in [0.25, 0.3) is 0 Å². The lowest BCUT2D eigenvalue weighted by Gasteiger charge is -2.08. The lowest BCUT2D eigenvalue weighted by molar-refractivity contribution is -0.137. The van der Waals surface area contributed by atoms with Crippen LogP contribution in [0.2, 0.25) is 0 Å². The second-order valence-corrected chi connectivity index (χ2v) is 6.79. The van der Waals surface area contributed by atoms with E-state index in [-0.39, 0.29) is 18.0 Å². The molecule has 4 nitrogen and oxygen atoms in total. The summed E-state index contributed by atoms with van der Waals surface area (Å²) < 4.78 is 38.7. The van der Waals surface area contributed by atoms with E-state index in [1.54, 1.807) is 7.05 Å². The van der Waals surface area contributed by atoms with Gasteiger partial charge in [-0.15, -0.1) is 11.3 Å². The van der Waals surface area contributed by atoms with E-state index in [9.17, 15) is 18.0 Å². The summed E-state index contributed by atoms with van der Waals surface area (Å²) >= 11 is 1.24. The number of nitrogens with zero attached hydrogens (tertiary/aromatic N) is 1. The van der Waals surface area contributed by atoms with Gasteiger partial charge in [0.1, 0.15) is 0 Å². The zero-order chi connectivity index (χ0) is 19.4. The number of amides is 1. The van der Waals surface area contributed by atoms with Crippen molar-refractivity contribution in [3.05, 3.63) is 65.0 Å². The summed E-state index contributed by atoms with van der Waals surface area (Å²) in [6.07, 6.45) is -4.27. The zero-order valence-corrected chi connectivity index (χ0v) is 15.1. The number of benzene rings is 2. The lowest BCUT2D eigenvalue weighted by Crippen LogP contribution is -2.19. The summed E-state index contributed by atoms with van der Waals surface area (Å²) in [5.74, 6) is -0.165. The number of hydrogen-bond acceptors (Lipinski definition) is 4. The molecule has 27 heavy (non-hydrogen) atoms. The standard InChI is InChI=1S/C19H16F3N3OS/c1-23-16(26)11-15-17(12-6-3-2-4-7-12)25-18(27-15)24-14-9-5-8-13(10-14)19(20,21)22/h2-10H,11H2,1H3,(H,23,26)(H,24,25). The molecular weight excluding hydrogens is 375 g/mol. The van der Waals surface area contributed by atoms with E-state index in [0.29, 0.717) is 10.8 Å². The van der Waals surface area contributed by atoms with Crippen LogP contribution in [-0.4, -0.2) is 17.9 Å². The number of thiazole rings is 1. The molecule has 0 unspecified atom stereocenters. The molecule has 0 aliphatic rings. The third kappa shape index (κ3) is 4.65. The molecule has 0 aliphatic carbocycles. The average Bonchev–Trinajstić information content (AvgIpc) is 3.04. The van der Waals surface area contributed by atoms with Gasteiger partial charge < -0.3 is 10.6 Å². The summed E-state index contributed by atoms with van der Waals surface area (Å²) in [5.41, 5.74) is 1.02. The lowest BCUT2D eigenvalue weighted by atomic mass is 10.1. The van der Waals surface area contributed by atoms with Crippen LogP contribution < -0.4 is 10.6 Å². The largest absolute Gasteiger partial charge is 0.416 e. The van der Waals surface area contributed by atoms with Crippen LogP contribution in [0.4, 0.5) is 24.0 Å². The van der Waals surface area contributed by atoms with E-state index in [1.165, 1.54) is 23.5 Å². The molecule has 0 spiro atoms. The maximum Gasteiger partial charge on any atom is 0.416 e. The molecule has 3 rings (SSSR count). The molecular formula is C19H16F3N3OS. The van der Waals surface area contributed by atoms with E-state index in [2.05, 4.69) is 15.6 Å². The number of anilines is 2. The smallest absolute Gasteiger partial charge is 0.359 e. The fourth-order valence-corrected chi connectivity index (χ4v) is 3.48. The molecule has 140 valence electrons. The van der Waals surface area contributed by atoms with Gasteiger partial charge in [0.05, 0.1) is 17.7 Å². The third-order valence-electron chi connectivity index (χ3n) is 3.79. The minimum Gasteiger partial charge on any atom is -0.359 e. The number of halogens is 3. The van der Waals surface area contributed by atoms with Crippen LogP contribution >= 0.6 is 11.3 Å². The van der Waals surface area contributed by atoms with Gasteiger partial charge in [-0.2, -0.15) is 13.2 Å². The first-order valence-electron chi connectivity index (χ1n) is 8.07. The SMILES string of the molecule is CNC(=O)Cc1sc(Nc2cccc(C(F)(F)F)c2)nc1-c1ccccc1. The monoisotopic (exact) mass is 391 g/mol. The number of alkyl halides is 3. The Kier molecular flexibility index (Phi) is 5.46. The van der Waals surface area contributed by atoms with Crippen LogP contribution in [0.5, 0.6) is 0 Å². The number of aromatic nitrogens is 1. The topological polar surface area (TPSA) is 54.0 Å². The summed E-state index contributed by atoms with van der Waals surface area (Å²) in [6.45, 7) is 0. The molecule has 1 heterocycles. The van der Waals surface area contributed by atoms with Crippen molar-refractivity contribution in [2.24, 2.45) is 0 Å². The highest BCUT2D eigenvalue weighted by Gasteiger charge is 2.30. The van der Waals surface area contributed by atoms with Crippen LogP contribution in [-0.2, 0) is 17.4 Å². The Morgan fingerprint density at radius 1 is 1.11 bits per heavy atom. The molecule has 0 fully saturated rings. The summed E-state index contributed by atoms with van der Waals surface area (Å²) in [4.78, 5) is 17.0. The molecule has 2 aromatic carbocycles. The van der Waals surface area contributed by atoms with Crippen molar-refractivity contribution in [1.29, 1.82) is 0 Å². The Labute approximate surface area is 158 Å². The van der Waals surface area contributed by atoms with E-state index in [4.69, 9.17) is 0 Å². The molecule has 0 atom stereocenters. The number of hydrogen-bond donors (Lipinski definition) is 2. The molecule has 0 bridgehead atoms. The predicted octanol–water partition coefficient (Wildman–Crippen LogP) is 4.86. The summed E-state index contributed by atoms with van der Waals surface area (Å²) in [5, 5.41) is 5.91. The molecule has 1 amide bonds. The number of likely N-dealkylation sites (N-methyl/N-ethyl adjacent to an activating group) is 1. The maximum atomic E-state index is 12.9. The van der Waals surface area contributed by atoms with Gasteiger partial charge in [-0.1, -0.05) is 36.4 Å². The summed E-state index contributed by atoms with van der Waals surface area (Å²) in [6, 6.07) is 14.3. The van der Waals surface area contributed by atoms with Gasteiger partial charge in [-0.05, 0) is 18.2 Å². The second-order valence-electron chi connectivity index (χ2n) is 5.71. The highest BCUT2D eigenvalue weighted by molar-refractivity contribution is 7.16. The average molecular weight is 391 g/mol. The quantitative estimate of drug-likeness (QED) is 0.653. The molecule has 0 saturated carbocycles. The van der Waals surface area contributed by atoms with Gasteiger partial charge >= 0.3 is 6.18 Å². The van der Waals surface area contributed by atoms with Crippen molar-refractivity contribution in [1.82, 2.24) is 10.3 Å². The number of nitrogens with one attached hydrogen (secondary N) is 2. The molecule has 0 radical (unpaired) electrons. The molecule has 2 N–H and O–H groups in total. The van der Waals surface area contributed by atoms with E-state index in [0.717, 1.165) is 22.6 Å². The van der Waals surface area contributed by atoms with Crippen LogP contribution in [0, 0.1) is 0 Å². The first-order chi connectivity index (χ1) is 12.9. The molecule has 0 aliphatic heterocycles. The Morgan fingerprint density at radius 3 is 2.52 bits per heavy atom. The van der Waals surface area contributed by atoms with Crippen molar-refractivity contribution in [2.75, 3.05) is 12.4 Å². The van der Waals surface area contributed by atoms with Crippen molar-refractivity contribution >= 4 is 28.1 Å². The highest BCUT2D eigenvalue weighted by Crippen LogP contribution is 2.35. The predicted molar refractivity (Wildman–Crippen MR) is 100 cm³/mol. The minimum absolute atomic E-state index is 0.142. The minimum atomic E-state index is -4.42. The van der Waals surface area contributed by atoms with Crippen LogP contribution in [0.25, 0.3) is 11.3 Å². The Bertz CT molecular complexity index is 939. The van der Waals surface area contributed by atoms with Crippen molar-refractivity contribution in [3.8, 4) is 11.3 Å². The van der Waals surface area contributed by atoms with Crippen molar-refractivity contribution < 1.29 is 18.0 Å². The number of rotatable bonds is 5. The van der Waals surface area contributed by atoms with Gasteiger partial charge in [-0.3, -0.25) is 4.79 Å². The van der Waals surface area contributed by atoms with Gasteiger partial charge in [-0.25, -0.2) is 4.98 Å². The Balaban J connectivity index is 1.94. The second kappa shape index (κ2) is 7.79. The molecule has 3 aromatic rings. The van der Waals surface area contributed by atoms with E-state index >= 15 is 0 Å². The van der Waals surface area contributed by atoms with E-state index in [1.807, 2.05) is 30.3 Å². The normalized spacial score (nSPS) is 11.3. The Morgan fingerprint density at radius 2 is 1.85 bits per heavy atom. The molecule has 1 aromatic heterocycles. The highest BCUT2D eigenvalue weighted by atomic mass is 32.1. The first-order valence-corrected chi connectivity index (χ1v) is 8.88. The fourth-order valence-electron chi connectivity index (χ4n) is 2.48. The molecule has 8 heteroatoms. The fraction of sp³-hybridized carbons (Fsp3) is 0.158. The third-order valence-corrected chi connectivity index (χ3v) is 4.76. The zero-order valence-electron chi connectivity index (χ0n) is 14.3. The summed E-state index contributed by atoms with van der Waals surface area (Å²) in [7, 11) is 1.55. The van der Waals surface area contributed by atoms with Gasteiger partial charge in [0.15, 0.2) is 5.13 Å². The van der Waals surface area contributed by atoms with Crippen LogP contribution in [0.1, 0.15) is 10.4 Å². The maximum absolute atomic E-state index is 12.9. The van der Waals surface area contributed by atoms with Crippen molar-refractivity contribution in [3.63, 3.8) is 0 Å². The first kappa shape index (κ1) is 18.9. The van der Waals surface area contributed by atoms with Gasteiger partial charge in [0.2, 0.25) is 5.91 Å². The van der Waals surface area contributed by atoms with Gasteiger partial charge in [0, 0.05) is 23.2 Å².